The molecule has 7 heteroatoms. The molecule has 0 unspecified atom stereocenters. The van der Waals surface area contributed by atoms with Crippen LogP contribution in [0.4, 0.5) is 10.5 Å². The molecular weight excluding hydrogens is 550 g/mol. The highest BCUT2D eigenvalue weighted by atomic mass is 16.6. The van der Waals surface area contributed by atoms with Crippen molar-refractivity contribution in [1.82, 2.24) is 9.88 Å². The lowest BCUT2D eigenvalue weighted by atomic mass is 9.73. The van der Waals surface area contributed by atoms with Crippen molar-refractivity contribution < 1.29 is 19.0 Å². The number of hydrogen-bond donors (Lipinski definition) is 0. The SMILES string of the molecule is CC.CC(C)(C)OC(=O)N1CC2(C1)CN(c1ccc(-c3ccc(OCc4ccccc4)nc3OCc3ccccc3)cc1)C2. The van der Waals surface area contributed by atoms with E-state index in [9.17, 15) is 4.79 Å². The first-order valence-corrected chi connectivity index (χ1v) is 15.4. The van der Waals surface area contributed by atoms with Crippen LogP contribution in [0.5, 0.6) is 11.8 Å². The molecule has 1 aromatic heterocycles. The Kier molecular flexibility index (Phi) is 9.43. The zero-order valence-corrected chi connectivity index (χ0v) is 26.5. The summed E-state index contributed by atoms with van der Waals surface area (Å²) < 4.78 is 17.8. The van der Waals surface area contributed by atoms with Gasteiger partial charge in [0.05, 0.1) is 0 Å². The average molecular weight is 594 g/mol. The first kappa shape index (κ1) is 30.9. The molecule has 4 aromatic rings. The van der Waals surface area contributed by atoms with E-state index in [1.165, 1.54) is 5.69 Å². The van der Waals surface area contributed by atoms with Crippen molar-refractivity contribution in [3.63, 3.8) is 0 Å². The van der Waals surface area contributed by atoms with Crippen LogP contribution in [0.15, 0.2) is 97.1 Å². The third-order valence-corrected chi connectivity index (χ3v) is 7.58. The minimum atomic E-state index is -0.468. The molecule has 0 N–H and O–H groups in total. The van der Waals surface area contributed by atoms with E-state index in [-0.39, 0.29) is 11.5 Å². The molecule has 3 heterocycles. The highest BCUT2D eigenvalue weighted by molar-refractivity contribution is 5.72. The number of pyridine rings is 1. The Morgan fingerprint density at radius 2 is 1.32 bits per heavy atom. The van der Waals surface area contributed by atoms with Crippen LogP contribution in [0.2, 0.25) is 0 Å². The number of rotatable bonds is 8. The van der Waals surface area contributed by atoms with Crippen LogP contribution >= 0.6 is 0 Å². The van der Waals surface area contributed by atoms with Gasteiger partial charge < -0.3 is 24.0 Å². The second-order valence-corrected chi connectivity index (χ2v) is 12.3. The summed E-state index contributed by atoms with van der Waals surface area (Å²) in [7, 11) is 0. The number of carbonyl (C=O) groups is 1. The molecule has 2 aliphatic heterocycles. The van der Waals surface area contributed by atoms with Crippen molar-refractivity contribution in [2.24, 2.45) is 5.41 Å². The highest BCUT2D eigenvalue weighted by Gasteiger charge is 2.54. The van der Waals surface area contributed by atoms with Crippen molar-refractivity contribution in [2.75, 3.05) is 31.1 Å². The zero-order valence-electron chi connectivity index (χ0n) is 26.5. The largest absolute Gasteiger partial charge is 0.473 e. The molecule has 44 heavy (non-hydrogen) atoms. The molecule has 0 saturated carbocycles. The van der Waals surface area contributed by atoms with Gasteiger partial charge in [0, 0.05) is 48.9 Å². The first-order chi connectivity index (χ1) is 21.3. The van der Waals surface area contributed by atoms with Gasteiger partial charge in [-0.1, -0.05) is 86.6 Å². The summed E-state index contributed by atoms with van der Waals surface area (Å²) in [5, 5.41) is 0. The minimum absolute atomic E-state index is 0.174. The van der Waals surface area contributed by atoms with Gasteiger partial charge in [-0.25, -0.2) is 4.79 Å². The lowest BCUT2D eigenvalue weighted by Gasteiger charge is -2.60. The molecule has 7 nitrogen and oxygen atoms in total. The predicted molar refractivity (Wildman–Crippen MR) is 175 cm³/mol. The van der Waals surface area contributed by atoms with Gasteiger partial charge in [-0.3, -0.25) is 0 Å². The standard InChI is InChI=1S/C35H37N3O4.C2H6/c1-34(2,3)42-33(39)38-24-35(25-38)22-37(23-35)29-16-14-28(15-17-29)30-18-19-31(40-20-26-10-6-4-7-11-26)36-32(30)41-21-27-12-8-5-9-13-27;1-2/h4-19H,20-25H2,1-3H3;1-2H3. The summed E-state index contributed by atoms with van der Waals surface area (Å²) in [6.45, 7) is 13.9. The van der Waals surface area contributed by atoms with Crippen molar-refractivity contribution in [1.29, 1.82) is 0 Å². The number of carbonyl (C=O) groups excluding carboxylic acids is 1. The van der Waals surface area contributed by atoms with Crippen molar-refractivity contribution in [2.45, 2.75) is 53.4 Å². The summed E-state index contributed by atoms with van der Waals surface area (Å²) in [4.78, 5) is 21.3. The molecule has 0 aliphatic carbocycles. The van der Waals surface area contributed by atoms with E-state index in [1.54, 1.807) is 0 Å². The van der Waals surface area contributed by atoms with E-state index < -0.39 is 5.60 Å². The Bertz CT molecular complexity index is 1500. The van der Waals surface area contributed by atoms with Gasteiger partial charge >= 0.3 is 6.09 Å². The topological polar surface area (TPSA) is 64.1 Å². The molecule has 1 spiro atoms. The fourth-order valence-corrected chi connectivity index (χ4v) is 5.51. The number of likely N-dealkylation sites (tertiary alicyclic amines) is 1. The maximum atomic E-state index is 12.3. The Morgan fingerprint density at radius 1 is 0.750 bits per heavy atom. The average Bonchev–Trinajstić information content (AvgIpc) is 2.99. The van der Waals surface area contributed by atoms with E-state index in [4.69, 9.17) is 19.2 Å². The third kappa shape index (κ3) is 7.51. The van der Waals surface area contributed by atoms with Crippen LogP contribution in [-0.2, 0) is 18.0 Å². The molecule has 2 fully saturated rings. The molecule has 2 aliphatic rings. The summed E-state index contributed by atoms with van der Waals surface area (Å²) in [5.41, 5.74) is 4.97. The van der Waals surface area contributed by atoms with Crippen LogP contribution < -0.4 is 14.4 Å². The second kappa shape index (κ2) is 13.4. The van der Waals surface area contributed by atoms with Crippen LogP contribution in [0, 0.1) is 5.41 Å². The first-order valence-electron chi connectivity index (χ1n) is 15.4. The Morgan fingerprint density at radius 3 is 1.89 bits per heavy atom. The lowest BCUT2D eigenvalue weighted by molar-refractivity contribution is -0.0453. The van der Waals surface area contributed by atoms with E-state index in [1.807, 2.05) is 112 Å². The molecule has 0 bridgehead atoms. The Balaban J connectivity index is 0.00000188. The molecule has 6 rings (SSSR count). The molecule has 1 amide bonds. The van der Waals surface area contributed by atoms with Crippen LogP contribution in [0.3, 0.4) is 0 Å². The van der Waals surface area contributed by atoms with E-state index in [0.717, 1.165) is 48.4 Å². The smallest absolute Gasteiger partial charge is 0.410 e. The summed E-state index contributed by atoms with van der Waals surface area (Å²) in [6.07, 6.45) is -0.216. The van der Waals surface area contributed by atoms with E-state index in [2.05, 4.69) is 29.2 Å². The predicted octanol–water partition coefficient (Wildman–Crippen LogP) is 7.99. The van der Waals surface area contributed by atoms with Crippen LogP contribution in [0.1, 0.15) is 45.7 Å². The van der Waals surface area contributed by atoms with Gasteiger partial charge in [0.15, 0.2) is 0 Å². The number of amides is 1. The molecule has 2 saturated heterocycles. The van der Waals surface area contributed by atoms with Crippen LogP contribution in [0.25, 0.3) is 11.1 Å². The quantitative estimate of drug-likeness (QED) is 0.206. The number of aromatic nitrogens is 1. The summed E-state index contributed by atoms with van der Waals surface area (Å²) in [5.74, 6) is 1.06. The maximum absolute atomic E-state index is 12.3. The third-order valence-electron chi connectivity index (χ3n) is 7.58. The van der Waals surface area contributed by atoms with Gasteiger partial charge in [0.1, 0.15) is 18.8 Å². The number of benzene rings is 3. The molecule has 0 atom stereocenters. The van der Waals surface area contributed by atoms with Gasteiger partial charge in [-0.15, -0.1) is 0 Å². The Hall–Kier alpha value is -4.52. The summed E-state index contributed by atoms with van der Waals surface area (Å²) >= 11 is 0. The van der Waals surface area contributed by atoms with E-state index >= 15 is 0 Å². The minimum Gasteiger partial charge on any atom is -0.473 e. The second-order valence-electron chi connectivity index (χ2n) is 12.3. The zero-order chi connectivity index (χ0) is 31.2. The highest BCUT2D eigenvalue weighted by Crippen LogP contribution is 2.43. The van der Waals surface area contributed by atoms with Gasteiger partial charge in [0.25, 0.3) is 0 Å². The summed E-state index contributed by atoms with van der Waals surface area (Å²) in [6, 6.07) is 32.6. The number of ether oxygens (including phenoxy) is 3. The molecule has 3 aromatic carbocycles. The monoisotopic (exact) mass is 593 g/mol. The molecular formula is C37H43N3O4. The van der Waals surface area contributed by atoms with Crippen molar-refractivity contribution >= 4 is 11.8 Å². The van der Waals surface area contributed by atoms with E-state index in [0.29, 0.717) is 25.0 Å². The maximum Gasteiger partial charge on any atom is 0.410 e. The van der Waals surface area contributed by atoms with Crippen LogP contribution in [-0.4, -0.2) is 47.8 Å². The fraction of sp³-hybridized carbons (Fsp3) is 0.351. The Labute approximate surface area is 261 Å². The van der Waals surface area contributed by atoms with Gasteiger partial charge in [-0.05, 0) is 55.7 Å². The van der Waals surface area contributed by atoms with Gasteiger partial charge in [-0.2, -0.15) is 4.98 Å². The molecule has 230 valence electrons. The number of hydrogen-bond acceptors (Lipinski definition) is 6. The van der Waals surface area contributed by atoms with Crippen molar-refractivity contribution in [3.8, 4) is 22.9 Å². The normalized spacial score (nSPS) is 14.9. The lowest BCUT2D eigenvalue weighted by Crippen LogP contribution is -2.73. The van der Waals surface area contributed by atoms with Gasteiger partial charge in [0.2, 0.25) is 11.8 Å². The number of nitrogens with zero attached hydrogens (tertiary/aromatic N) is 3. The molecule has 0 radical (unpaired) electrons. The number of anilines is 1. The fourth-order valence-electron chi connectivity index (χ4n) is 5.51. The van der Waals surface area contributed by atoms with Crippen molar-refractivity contribution in [3.05, 3.63) is 108 Å².